The van der Waals surface area contributed by atoms with Crippen molar-refractivity contribution in [3.63, 3.8) is 0 Å². The van der Waals surface area contributed by atoms with Crippen LogP contribution in [0.1, 0.15) is 16.7 Å². The SMILES string of the molecule is Cc1ccc(CNc2nnns2)cc1C. The number of nitrogens with one attached hydrogen (secondary N) is 1. The van der Waals surface area contributed by atoms with Gasteiger partial charge in [0.15, 0.2) is 0 Å². The highest BCUT2D eigenvalue weighted by Gasteiger charge is 1.99. The minimum absolute atomic E-state index is 0.758. The van der Waals surface area contributed by atoms with Crippen molar-refractivity contribution in [2.24, 2.45) is 0 Å². The molecule has 4 nitrogen and oxygen atoms in total. The molecule has 2 aromatic rings. The Bertz CT molecular complexity index is 439. The van der Waals surface area contributed by atoms with Crippen molar-refractivity contribution < 1.29 is 0 Å². The van der Waals surface area contributed by atoms with Crippen molar-refractivity contribution >= 4 is 16.7 Å². The Balaban J connectivity index is 2.02. The molecule has 0 radical (unpaired) electrons. The molecule has 1 aromatic carbocycles. The van der Waals surface area contributed by atoms with Crippen LogP contribution in [0.2, 0.25) is 0 Å². The molecular weight excluding hydrogens is 208 g/mol. The molecule has 0 unspecified atom stereocenters. The zero-order valence-corrected chi connectivity index (χ0v) is 9.51. The maximum Gasteiger partial charge on any atom is 0.225 e. The Labute approximate surface area is 92.5 Å². The number of nitrogens with zero attached hydrogens (tertiary/aromatic N) is 3. The number of hydrogen-bond donors (Lipinski definition) is 1. The van der Waals surface area contributed by atoms with Gasteiger partial charge in [-0.1, -0.05) is 27.8 Å². The first kappa shape index (κ1) is 10.0. The average Bonchev–Trinajstić information content (AvgIpc) is 2.73. The van der Waals surface area contributed by atoms with Crippen molar-refractivity contribution in [3.05, 3.63) is 34.9 Å². The minimum Gasteiger partial charge on any atom is -0.355 e. The van der Waals surface area contributed by atoms with Gasteiger partial charge >= 0.3 is 0 Å². The summed E-state index contributed by atoms with van der Waals surface area (Å²) >= 11 is 1.27. The van der Waals surface area contributed by atoms with E-state index in [0.29, 0.717) is 0 Å². The number of aryl methyl sites for hydroxylation is 2. The molecule has 0 aliphatic carbocycles. The zero-order chi connectivity index (χ0) is 10.7. The van der Waals surface area contributed by atoms with E-state index in [1.165, 1.54) is 28.2 Å². The lowest BCUT2D eigenvalue weighted by Gasteiger charge is -2.05. The Kier molecular flexibility index (Phi) is 2.91. The average molecular weight is 220 g/mol. The minimum atomic E-state index is 0.758. The van der Waals surface area contributed by atoms with Gasteiger partial charge in [0.25, 0.3) is 0 Å². The maximum atomic E-state index is 3.82. The third kappa shape index (κ3) is 2.50. The molecule has 5 heteroatoms. The van der Waals surface area contributed by atoms with E-state index in [4.69, 9.17) is 0 Å². The molecule has 0 amide bonds. The number of aromatic nitrogens is 3. The largest absolute Gasteiger partial charge is 0.355 e. The van der Waals surface area contributed by atoms with Crippen LogP contribution in [-0.4, -0.2) is 14.8 Å². The Morgan fingerprint density at radius 1 is 1.27 bits per heavy atom. The molecule has 0 saturated heterocycles. The van der Waals surface area contributed by atoms with Crippen molar-refractivity contribution in [2.45, 2.75) is 20.4 Å². The van der Waals surface area contributed by atoms with E-state index in [1.54, 1.807) is 0 Å². The summed E-state index contributed by atoms with van der Waals surface area (Å²) in [4.78, 5) is 0. The highest BCUT2D eigenvalue weighted by molar-refractivity contribution is 7.09. The molecular formula is C10H12N4S. The quantitative estimate of drug-likeness (QED) is 0.861. The van der Waals surface area contributed by atoms with Crippen LogP contribution in [0.4, 0.5) is 5.13 Å². The lowest BCUT2D eigenvalue weighted by Crippen LogP contribution is -1.99. The monoisotopic (exact) mass is 220 g/mol. The smallest absolute Gasteiger partial charge is 0.225 e. The second kappa shape index (κ2) is 4.35. The standard InChI is InChI=1S/C10H12N4S/c1-7-3-4-9(5-8(7)2)6-11-10-12-13-14-15-10/h3-5H,6H2,1-2H3,(H,11,12,14). The first-order chi connectivity index (χ1) is 7.25. The van der Waals surface area contributed by atoms with Crippen molar-refractivity contribution in [3.8, 4) is 0 Å². The van der Waals surface area contributed by atoms with Gasteiger partial charge in [0.05, 0.1) is 0 Å². The predicted octanol–water partition coefficient (Wildman–Crippen LogP) is 2.16. The van der Waals surface area contributed by atoms with Crippen molar-refractivity contribution in [2.75, 3.05) is 5.32 Å². The van der Waals surface area contributed by atoms with Crippen molar-refractivity contribution in [1.82, 2.24) is 14.8 Å². The van der Waals surface area contributed by atoms with E-state index in [1.807, 2.05) is 0 Å². The highest BCUT2D eigenvalue weighted by atomic mass is 32.1. The second-order valence-electron chi connectivity index (χ2n) is 3.44. The summed E-state index contributed by atoms with van der Waals surface area (Å²) in [5, 5.41) is 11.3. The molecule has 1 N–H and O–H groups in total. The van der Waals surface area contributed by atoms with Gasteiger partial charge in [0, 0.05) is 18.1 Å². The van der Waals surface area contributed by atoms with Gasteiger partial charge in [-0.2, -0.15) is 0 Å². The summed E-state index contributed by atoms with van der Waals surface area (Å²) < 4.78 is 3.68. The third-order valence-corrected chi connectivity index (χ3v) is 2.87. The van der Waals surface area contributed by atoms with E-state index in [9.17, 15) is 0 Å². The summed E-state index contributed by atoms with van der Waals surface area (Å²) in [6, 6.07) is 6.42. The van der Waals surface area contributed by atoms with E-state index < -0.39 is 0 Å². The third-order valence-electron chi connectivity index (χ3n) is 2.31. The van der Waals surface area contributed by atoms with Crippen molar-refractivity contribution in [1.29, 1.82) is 0 Å². The Morgan fingerprint density at radius 2 is 2.13 bits per heavy atom. The highest BCUT2D eigenvalue weighted by Crippen LogP contribution is 2.12. The molecule has 78 valence electrons. The zero-order valence-electron chi connectivity index (χ0n) is 8.69. The molecule has 0 atom stereocenters. The van der Waals surface area contributed by atoms with Gasteiger partial charge in [-0.05, 0) is 35.8 Å². The van der Waals surface area contributed by atoms with Crippen LogP contribution < -0.4 is 5.32 Å². The molecule has 1 aromatic heterocycles. The summed E-state index contributed by atoms with van der Waals surface area (Å²) in [7, 11) is 0. The fraction of sp³-hybridized carbons (Fsp3) is 0.300. The van der Waals surface area contributed by atoms with Gasteiger partial charge < -0.3 is 5.32 Å². The van der Waals surface area contributed by atoms with Crippen LogP contribution in [0.5, 0.6) is 0 Å². The molecule has 0 saturated carbocycles. The molecule has 2 rings (SSSR count). The number of hydrogen-bond acceptors (Lipinski definition) is 5. The van der Waals surface area contributed by atoms with E-state index >= 15 is 0 Å². The van der Waals surface area contributed by atoms with Gasteiger partial charge in [-0.15, -0.1) is 0 Å². The molecule has 0 aliphatic heterocycles. The fourth-order valence-corrected chi connectivity index (χ4v) is 1.65. The lowest BCUT2D eigenvalue weighted by molar-refractivity contribution is 0.950. The number of anilines is 1. The number of benzene rings is 1. The second-order valence-corrected chi connectivity index (χ2v) is 4.17. The first-order valence-corrected chi connectivity index (χ1v) is 5.48. The molecule has 0 aliphatic rings. The summed E-state index contributed by atoms with van der Waals surface area (Å²) in [5.41, 5.74) is 3.87. The maximum absolute atomic E-state index is 3.82. The summed E-state index contributed by atoms with van der Waals surface area (Å²) in [6.07, 6.45) is 0. The summed E-state index contributed by atoms with van der Waals surface area (Å²) in [5.74, 6) is 0. The van der Waals surface area contributed by atoms with Crippen LogP contribution in [0.3, 0.4) is 0 Å². The molecule has 0 spiro atoms. The van der Waals surface area contributed by atoms with Crippen LogP contribution in [0.25, 0.3) is 0 Å². The van der Waals surface area contributed by atoms with E-state index in [0.717, 1.165) is 11.7 Å². The van der Waals surface area contributed by atoms with E-state index in [-0.39, 0.29) is 0 Å². The fourth-order valence-electron chi connectivity index (χ4n) is 1.29. The first-order valence-electron chi connectivity index (χ1n) is 4.71. The van der Waals surface area contributed by atoms with E-state index in [2.05, 4.69) is 52.2 Å². The number of rotatable bonds is 3. The molecule has 0 fully saturated rings. The predicted molar refractivity (Wildman–Crippen MR) is 60.9 cm³/mol. The van der Waals surface area contributed by atoms with Crippen LogP contribution in [0.15, 0.2) is 18.2 Å². The van der Waals surface area contributed by atoms with Crippen LogP contribution >= 0.6 is 11.5 Å². The normalized spacial score (nSPS) is 10.3. The van der Waals surface area contributed by atoms with Gasteiger partial charge in [-0.3, -0.25) is 0 Å². The molecule has 0 bridgehead atoms. The molecule has 1 heterocycles. The Hall–Kier alpha value is -1.49. The van der Waals surface area contributed by atoms with Gasteiger partial charge in [-0.25, -0.2) is 0 Å². The Morgan fingerprint density at radius 3 is 2.80 bits per heavy atom. The van der Waals surface area contributed by atoms with Crippen LogP contribution in [-0.2, 0) is 6.54 Å². The summed E-state index contributed by atoms with van der Waals surface area (Å²) in [6.45, 7) is 4.99. The lowest BCUT2D eigenvalue weighted by atomic mass is 10.1. The van der Waals surface area contributed by atoms with Gasteiger partial charge in [0.2, 0.25) is 5.13 Å². The van der Waals surface area contributed by atoms with Gasteiger partial charge in [0.1, 0.15) is 0 Å². The molecule has 15 heavy (non-hydrogen) atoms. The topological polar surface area (TPSA) is 50.7 Å². The van der Waals surface area contributed by atoms with Crippen LogP contribution in [0, 0.1) is 13.8 Å².